The lowest BCUT2D eigenvalue weighted by atomic mass is 10.2. The standard InChI is InChI=1S/C12H10ClN3OS/c13-9-6-10(17)16(7-9)12-14-11(15-18-12)8-4-2-1-3-5-8/h1-5,9H,6-7H2. The SMILES string of the molecule is O=C1CC(Cl)CN1c1nc(-c2ccccc2)ns1. The Kier molecular flexibility index (Phi) is 3.01. The first kappa shape index (κ1) is 11.6. The van der Waals surface area contributed by atoms with Gasteiger partial charge in [-0.1, -0.05) is 30.3 Å². The van der Waals surface area contributed by atoms with Crippen molar-refractivity contribution in [1.29, 1.82) is 0 Å². The second-order valence-corrected chi connectivity index (χ2v) is 5.42. The monoisotopic (exact) mass is 279 g/mol. The predicted molar refractivity (Wildman–Crippen MR) is 72.0 cm³/mol. The molecule has 1 saturated heterocycles. The molecule has 1 aromatic heterocycles. The van der Waals surface area contributed by atoms with Crippen LogP contribution in [0.4, 0.5) is 5.13 Å². The zero-order chi connectivity index (χ0) is 12.5. The number of rotatable bonds is 2. The first-order valence-electron chi connectivity index (χ1n) is 5.57. The maximum Gasteiger partial charge on any atom is 0.230 e. The molecule has 18 heavy (non-hydrogen) atoms. The molecule has 1 unspecified atom stereocenters. The molecule has 0 bridgehead atoms. The van der Waals surface area contributed by atoms with E-state index in [0.717, 1.165) is 5.56 Å². The highest BCUT2D eigenvalue weighted by Gasteiger charge is 2.31. The van der Waals surface area contributed by atoms with E-state index >= 15 is 0 Å². The minimum absolute atomic E-state index is 0.0192. The first-order chi connectivity index (χ1) is 8.74. The minimum atomic E-state index is -0.124. The Hall–Kier alpha value is -1.46. The van der Waals surface area contributed by atoms with Crippen LogP contribution >= 0.6 is 23.1 Å². The van der Waals surface area contributed by atoms with Gasteiger partial charge >= 0.3 is 0 Å². The summed E-state index contributed by atoms with van der Waals surface area (Å²) in [5.74, 6) is 0.673. The first-order valence-corrected chi connectivity index (χ1v) is 6.78. The summed E-state index contributed by atoms with van der Waals surface area (Å²) in [6.45, 7) is 0.518. The molecular formula is C12H10ClN3OS. The van der Waals surface area contributed by atoms with Crippen molar-refractivity contribution in [2.24, 2.45) is 0 Å². The second kappa shape index (κ2) is 4.66. The zero-order valence-electron chi connectivity index (χ0n) is 9.41. The van der Waals surface area contributed by atoms with Gasteiger partial charge in [0, 0.05) is 30.1 Å². The van der Waals surface area contributed by atoms with Gasteiger partial charge in [-0.2, -0.15) is 9.36 Å². The molecule has 92 valence electrons. The van der Waals surface area contributed by atoms with Crippen molar-refractivity contribution in [2.45, 2.75) is 11.8 Å². The molecule has 4 nitrogen and oxygen atoms in total. The number of amides is 1. The van der Waals surface area contributed by atoms with Gasteiger partial charge in [0.1, 0.15) is 0 Å². The van der Waals surface area contributed by atoms with Crippen LogP contribution in [0, 0.1) is 0 Å². The van der Waals surface area contributed by atoms with E-state index in [9.17, 15) is 4.79 Å². The van der Waals surface area contributed by atoms with Crippen molar-refractivity contribution >= 4 is 34.2 Å². The lowest BCUT2D eigenvalue weighted by Crippen LogP contribution is -2.24. The number of carbonyl (C=O) groups excluding carboxylic acids is 1. The van der Waals surface area contributed by atoms with Gasteiger partial charge in [-0.05, 0) is 0 Å². The van der Waals surface area contributed by atoms with Gasteiger partial charge in [0.2, 0.25) is 11.0 Å². The number of benzene rings is 1. The lowest BCUT2D eigenvalue weighted by molar-refractivity contribution is -0.117. The van der Waals surface area contributed by atoms with Crippen LogP contribution in [-0.2, 0) is 4.79 Å². The molecule has 1 aromatic carbocycles. The second-order valence-electron chi connectivity index (χ2n) is 4.07. The lowest BCUT2D eigenvalue weighted by Gasteiger charge is -2.09. The quantitative estimate of drug-likeness (QED) is 0.794. The minimum Gasteiger partial charge on any atom is -0.285 e. The van der Waals surface area contributed by atoms with Gasteiger partial charge < -0.3 is 0 Å². The Bertz CT molecular complexity index is 572. The van der Waals surface area contributed by atoms with Crippen molar-refractivity contribution in [2.75, 3.05) is 11.4 Å². The number of carbonyl (C=O) groups is 1. The van der Waals surface area contributed by atoms with Crippen LogP contribution in [0.15, 0.2) is 30.3 Å². The highest BCUT2D eigenvalue weighted by atomic mass is 35.5. The fourth-order valence-electron chi connectivity index (χ4n) is 1.88. The maximum absolute atomic E-state index is 11.7. The smallest absolute Gasteiger partial charge is 0.230 e. The molecule has 1 amide bonds. The van der Waals surface area contributed by atoms with Crippen molar-refractivity contribution in [3.63, 3.8) is 0 Å². The molecule has 0 saturated carbocycles. The molecule has 0 N–H and O–H groups in total. The number of aromatic nitrogens is 2. The van der Waals surface area contributed by atoms with E-state index in [4.69, 9.17) is 11.6 Å². The third-order valence-electron chi connectivity index (χ3n) is 2.76. The van der Waals surface area contributed by atoms with E-state index in [1.807, 2.05) is 30.3 Å². The molecule has 3 rings (SSSR count). The Morgan fingerprint density at radius 1 is 1.33 bits per heavy atom. The van der Waals surface area contributed by atoms with Crippen molar-refractivity contribution in [3.05, 3.63) is 30.3 Å². The van der Waals surface area contributed by atoms with Gasteiger partial charge in [-0.25, -0.2) is 0 Å². The summed E-state index contributed by atoms with van der Waals surface area (Å²) in [5, 5.41) is 0.503. The number of alkyl halides is 1. The summed E-state index contributed by atoms with van der Waals surface area (Å²) in [6.07, 6.45) is 0.377. The van der Waals surface area contributed by atoms with Gasteiger partial charge in [0.15, 0.2) is 5.82 Å². The average Bonchev–Trinajstić information content (AvgIpc) is 2.97. The summed E-state index contributed by atoms with van der Waals surface area (Å²) in [6, 6.07) is 9.71. The largest absolute Gasteiger partial charge is 0.285 e. The summed E-state index contributed by atoms with van der Waals surface area (Å²) >= 11 is 7.20. The summed E-state index contributed by atoms with van der Waals surface area (Å²) in [7, 11) is 0. The van der Waals surface area contributed by atoms with Crippen LogP contribution < -0.4 is 4.90 Å². The third-order valence-corrected chi connectivity index (χ3v) is 3.79. The number of hydrogen-bond donors (Lipinski definition) is 0. The molecule has 2 heterocycles. The summed E-state index contributed by atoms with van der Waals surface area (Å²) < 4.78 is 4.28. The Balaban J connectivity index is 1.88. The Labute approximate surface area is 113 Å². The number of hydrogen-bond acceptors (Lipinski definition) is 4. The predicted octanol–water partition coefficient (Wildman–Crippen LogP) is 2.55. The normalized spacial score (nSPS) is 19.5. The topological polar surface area (TPSA) is 46.1 Å². The van der Waals surface area contributed by atoms with Crippen molar-refractivity contribution in [3.8, 4) is 11.4 Å². The fourth-order valence-corrected chi connectivity index (χ4v) is 2.87. The highest BCUT2D eigenvalue weighted by Crippen LogP contribution is 2.28. The van der Waals surface area contributed by atoms with E-state index in [1.165, 1.54) is 11.5 Å². The fraction of sp³-hybridized carbons (Fsp3) is 0.250. The van der Waals surface area contributed by atoms with Crippen LogP contribution in [0.1, 0.15) is 6.42 Å². The number of halogens is 1. The highest BCUT2D eigenvalue weighted by molar-refractivity contribution is 7.10. The van der Waals surface area contributed by atoms with Crippen LogP contribution in [-0.4, -0.2) is 27.2 Å². The Morgan fingerprint density at radius 2 is 2.11 bits per heavy atom. The van der Waals surface area contributed by atoms with Gasteiger partial charge in [-0.15, -0.1) is 11.6 Å². The molecule has 0 radical (unpaired) electrons. The zero-order valence-corrected chi connectivity index (χ0v) is 11.0. The molecule has 6 heteroatoms. The van der Waals surface area contributed by atoms with E-state index in [2.05, 4.69) is 9.36 Å². The van der Waals surface area contributed by atoms with Crippen LogP contribution in [0.5, 0.6) is 0 Å². The maximum atomic E-state index is 11.7. The van der Waals surface area contributed by atoms with E-state index in [1.54, 1.807) is 4.90 Å². The molecule has 1 atom stereocenters. The van der Waals surface area contributed by atoms with E-state index in [-0.39, 0.29) is 11.3 Å². The average molecular weight is 280 g/mol. The molecule has 0 aliphatic carbocycles. The Morgan fingerprint density at radius 3 is 2.78 bits per heavy atom. The van der Waals surface area contributed by atoms with E-state index in [0.29, 0.717) is 23.9 Å². The number of anilines is 1. The van der Waals surface area contributed by atoms with Gasteiger partial charge in [-0.3, -0.25) is 9.69 Å². The molecule has 0 spiro atoms. The van der Waals surface area contributed by atoms with Crippen LogP contribution in [0.25, 0.3) is 11.4 Å². The molecule has 1 fully saturated rings. The van der Waals surface area contributed by atoms with Gasteiger partial charge in [0.25, 0.3) is 0 Å². The summed E-state index contributed by atoms with van der Waals surface area (Å²) in [4.78, 5) is 17.7. The number of nitrogens with zero attached hydrogens (tertiary/aromatic N) is 3. The van der Waals surface area contributed by atoms with E-state index < -0.39 is 0 Å². The van der Waals surface area contributed by atoms with Crippen LogP contribution in [0.3, 0.4) is 0 Å². The van der Waals surface area contributed by atoms with Gasteiger partial charge in [0.05, 0.1) is 5.38 Å². The van der Waals surface area contributed by atoms with Crippen molar-refractivity contribution in [1.82, 2.24) is 9.36 Å². The van der Waals surface area contributed by atoms with Crippen molar-refractivity contribution < 1.29 is 4.79 Å². The molecule has 2 aromatic rings. The molecular weight excluding hydrogens is 270 g/mol. The summed E-state index contributed by atoms with van der Waals surface area (Å²) in [5.41, 5.74) is 0.953. The molecule has 1 aliphatic rings. The van der Waals surface area contributed by atoms with Crippen LogP contribution in [0.2, 0.25) is 0 Å². The third kappa shape index (κ3) is 2.11. The molecule has 1 aliphatic heterocycles.